The number of hydrogen-bond donors (Lipinski definition) is 1. The Hall–Kier alpha value is -3.92. The maximum Gasteiger partial charge on any atom is 0.216 e. The third-order valence-electron chi connectivity index (χ3n) is 7.36. The van der Waals surface area contributed by atoms with Gasteiger partial charge in [0.25, 0.3) is 0 Å². The van der Waals surface area contributed by atoms with Gasteiger partial charge in [-0.25, -0.2) is 0 Å². The Labute approximate surface area is 211 Å². The van der Waals surface area contributed by atoms with Gasteiger partial charge in [-0.1, -0.05) is 111 Å². The number of carbonyl (C=O) groups is 1. The predicted octanol–water partition coefficient (Wildman–Crippen LogP) is 8.23. The highest BCUT2D eigenvalue weighted by atomic mass is 16.4. The molecule has 0 bridgehead atoms. The van der Waals surface area contributed by atoms with Crippen LogP contribution in [0.5, 0.6) is 0 Å². The highest BCUT2D eigenvalue weighted by Crippen LogP contribution is 2.37. The minimum atomic E-state index is -0.284. The van der Waals surface area contributed by atoms with E-state index in [4.69, 9.17) is 0 Å². The first-order chi connectivity index (χ1) is 17.7. The Bertz CT molecular complexity index is 1560. The zero-order chi connectivity index (χ0) is 25.1. The van der Waals surface area contributed by atoms with Crippen molar-refractivity contribution in [3.63, 3.8) is 0 Å². The maximum atomic E-state index is 13.8. The van der Waals surface area contributed by atoms with Crippen molar-refractivity contribution in [3.05, 3.63) is 96.1 Å². The lowest BCUT2D eigenvalue weighted by Gasteiger charge is -2.18. The molecule has 5 rings (SSSR count). The quantitative estimate of drug-likeness (QED) is 0.101. The number of unbranched alkanes of at least 4 members (excludes halogenated alkanes) is 1. The van der Waals surface area contributed by atoms with Crippen molar-refractivity contribution in [1.82, 2.24) is 4.57 Å². The number of rotatable bonds is 9. The van der Waals surface area contributed by atoms with E-state index in [1.165, 1.54) is 30.3 Å². The van der Waals surface area contributed by atoms with Gasteiger partial charge in [-0.2, -0.15) is 0 Å². The fraction of sp³-hybridized carbons (Fsp3) is 0.250. The van der Waals surface area contributed by atoms with Gasteiger partial charge in [0.15, 0.2) is 5.71 Å². The lowest BCUT2D eigenvalue weighted by molar-refractivity contribution is 0.106. The molecule has 4 nitrogen and oxygen atoms in total. The second kappa shape index (κ2) is 10.4. The first kappa shape index (κ1) is 23.8. The molecule has 0 aliphatic carbocycles. The monoisotopic (exact) mass is 476 g/mol. The number of carbonyl (C=O) groups excluding carboxylic acids is 1. The third kappa shape index (κ3) is 4.17. The molecular formula is C32H32N2O2. The van der Waals surface area contributed by atoms with Gasteiger partial charge in [0.05, 0.1) is 5.52 Å². The Morgan fingerprint density at radius 1 is 0.861 bits per heavy atom. The van der Waals surface area contributed by atoms with E-state index in [1.54, 1.807) is 12.1 Å². The van der Waals surface area contributed by atoms with Crippen LogP contribution in [0.25, 0.3) is 32.6 Å². The van der Waals surface area contributed by atoms with Crippen molar-refractivity contribution >= 4 is 44.1 Å². The first-order valence-corrected chi connectivity index (χ1v) is 12.9. The lowest BCUT2D eigenvalue weighted by Crippen LogP contribution is -2.16. The number of oxime groups is 1. The van der Waals surface area contributed by atoms with Gasteiger partial charge < -0.3 is 9.77 Å². The molecule has 1 heterocycles. The van der Waals surface area contributed by atoms with Gasteiger partial charge in [-0.3, -0.25) is 4.79 Å². The van der Waals surface area contributed by atoms with Crippen molar-refractivity contribution in [2.75, 3.05) is 0 Å². The zero-order valence-electron chi connectivity index (χ0n) is 20.9. The van der Waals surface area contributed by atoms with Crippen LogP contribution in [0.4, 0.5) is 0 Å². The number of hydrogen-bond acceptors (Lipinski definition) is 3. The second-order valence-corrected chi connectivity index (χ2v) is 9.55. The molecule has 0 spiro atoms. The van der Waals surface area contributed by atoms with Crippen LogP contribution in [0, 0.1) is 5.92 Å². The molecule has 4 aromatic carbocycles. The summed E-state index contributed by atoms with van der Waals surface area (Å²) in [5.74, 6) is 0.309. The Morgan fingerprint density at radius 2 is 1.53 bits per heavy atom. The van der Waals surface area contributed by atoms with E-state index in [2.05, 4.69) is 53.9 Å². The van der Waals surface area contributed by atoms with Crippen LogP contribution >= 0.6 is 0 Å². The molecule has 5 aromatic rings. The van der Waals surface area contributed by atoms with Gasteiger partial charge >= 0.3 is 0 Å². The maximum absolute atomic E-state index is 13.8. The summed E-state index contributed by atoms with van der Waals surface area (Å²) < 4.78 is 2.46. The van der Waals surface area contributed by atoms with Crippen LogP contribution in [0.2, 0.25) is 0 Å². The fourth-order valence-corrected chi connectivity index (χ4v) is 5.42. The van der Waals surface area contributed by atoms with Crippen LogP contribution in [0.3, 0.4) is 0 Å². The molecule has 0 amide bonds. The van der Waals surface area contributed by atoms with E-state index >= 15 is 0 Å². The molecule has 0 aliphatic rings. The molecule has 0 saturated heterocycles. The number of Topliss-reactive ketones (excluding diaryl/α,β-unsaturated/α-hetero) is 1. The van der Waals surface area contributed by atoms with Gasteiger partial charge in [-0.05, 0) is 29.9 Å². The summed E-state index contributed by atoms with van der Waals surface area (Å²) in [4.78, 5) is 13.8. The summed E-state index contributed by atoms with van der Waals surface area (Å²) in [6.45, 7) is 5.48. The third-order valence-corrected chi connectivity index (χ3v) is 7.36. The van der Waals surface area contributed by atoms with Crippen LogP contribution in [-0.4, -0.2) is 21.3 Å². The van der Waals surface area contributed by atoms with Crippen molar-refractivity contribution in [2.45, 2.75) is 46.1 Å². The van der Waals surface area contributed by atoms with E-state index in [0.717, 1.165) is 34.5 Å². The Kier molecular flexibility index (Phi) is 6.86. The second-order valence-electron chi connectivity index (χ2n) is 9.55. The van der Waals surface area contributed by atoms with Crippen LogP contribution in [0.15, 0.2) is 90.1 Å². The largest absolute Gasteiger partial charge is 0.410 e. The summed E-state index contributed by atoms with van der Waals surface area (Å²) in [6.07, 6.45) is 4.78. The normalized spacial score (nSPS) is 13.0. The number of nitrogens with zero attached hydrogens (tertiary/aromatic N) is 2. The standard InChI is InChI=1S/C32H32N2O2/c1-3-5-13-22(4-2)21-34-29-19-12-11-17-25(29)27-20-28(24-16-9-10-18-26(24)31(27)34)32(35)30(33-36)23-14-7-6-8-15-23/h6-12,14-20,22,36H,3-5,13,21H2,1-2H3. The molecule has 0 aliphatic heterocycles. The predicted molar refractivity (Wildman–Crippen MR) is 149 cm³/mol. The average Bonchev–Trinajstić information content (AvgIpc) is 3.25. The van der Waals surface area contributed by atoms with E-state index < -0.39 is 0 Å². The number of fused-ring (bicyclic) bond motifs is 5. The minimum Gasteiger partial charge on any atom is -0.410 e. The Morgan fingerprint density at radius 3 is 2.22 bits per heavy atom. The van der Waals surface area contributed by atoms with Crippen molar-refractivity contribution in [3.8, 4) is 0 Å². The van der Waals surface area contributed by atoms with Crippen molar-refractivity contribution < 1.29 is 10.0 Å². The smallest absolute Gasteiger partial charge is 0.216 e. The first-order valence-electron chi connectivity index (χ1n) is 12.9. The average molecular weight is 477 g/mol. The van der Waals surface area contributed by atoms with E-state index in [0.29, 0.717) is 17.0 Å². The molecule has 1 atom stereocenters. The lowest BCUT2D eigenvalue weighted by atomic mass is 9.93. The summed E-state index contributed by atoms with van der Waals surface area (Å²) in [5.41, 5.74) is 3.56. The van der Waals surface area contributed by atoms with Crippen LogP contribution in [-0.2, 0) is 6.54 Å². The summed E-state index contributed by atoms with van der Waals surface area (Å²) >= 11 is 0. The van der Waals surface area contributed by atoms with E-state index in [1.807, 2.05) is 42.5 Å². The van der Waals surface area contributed by atoms with Crippen LogP contribution < -0.4 is 0 Å². The van der Waals surface area contributed by atoms with Crippen molar-refractivity contribution in [1.29, 1.82) is 0 Å². The van der Waals surface area contributed by atoms with Gasteiger partial charge in [-0.15, -0.1) is 0 Å². The molecular weight excluding hydrogens is 444 g/mol. The highest BCUT2D eigenvalue weighted by molar-refractivity contribution is 6.53. The molecule has 0 fully saturated rings. The van der Waals surface area contributed by atoms with E-state index in [-0.39, 0.29) is 11.5 Å². The zero-order valence-corrected chi connectivity index (χ0v) is 20.9. The number of aromatic nitrogens is 1. The molecule has 1 N–H and O–H groups in total. The van der Waals surface area contributed by atoms with E-state index in [9.17, 15) is 10.0 Å². The van der Waals surface area contributed by atoms with Crippen molar-refractivity contribution in [2.24, 2.45) is 11.1 Å². The molecule has 1 unspecified atom stereocenters. The fourth-order valence-electron chi connectivity index (χ4n) is 5.42. The molecule has 1 aromatic heterocycles. The summed E-state index contributed by atoms with van der Waals surface area (Å²) in [6, 6.07) is 27.7. The summed E-state index contributed by atoms with van der Waals surface area (Å²) in [7, 11) is 0. The highest BCUT2D eigenvalue weighted by Gasteiger charge is 2.23. The number of ketones is 1. The molecule has 0 saturated carbocycles. The number of benzene rings is 4. The summed E-state index contributed by atoms with van der Waals surface area (Å²) in [5, 5.41) is 17.4. The van der Waals surface area contributed by atoms with Gasteiger partial charge in [0.2, 0.25) is 5.78 Å². The van der Waals surface area contributed by atoms with Gasteiger partial charge in [0.1, 0.15) is 0 Å². The number of para-hydroxylation sites is 1. The Balaban J connectivity index is 1.77. The molecule has 0 radical (unpaired) electrons. The molecule has 36 heavy (non-hydrogen) atoms. The topological polar surface area (TPSA) is 54.6 Å². The molecule has 4 heteroatoms. The van der Waals surface area contributed by atoms with Gasteiger partial charge in [0, 0.05) is 39.3 Å². The SMILES string of the molecule is CCCCC(CC)Cn1c2ccccc2c2cc(C(=O)C(=NO)c3ccccc3)c3ccccc3c21. The minimum absolute atomic E-state index is 0.0504. The van der Waals surface area contributed by atoms with Crippen LogP contribution in [0.1, 0.15) is 55.5 Å². The molecule has 182 valence electrons.